The van der Waals surface area contributed by atoms with Crippen LogP contribution >= 0.6 is 0 Å². The fourth-order valence-corrected chi connectivity index (χ4v) is 4.71. The Morgan fingerprint density at radius 2 is 1.88 bits per heavy atom. The minimum atomic E-state index is -0.419. The van der Waals surface area contributed by atoms with E-state index in [4.69, 9.17) is 4.42 Å². The third-order valence-electron chi connectivity index (χ3n) is 6.49. The highest BCUT2D eigenvalue weighted by Gasteiger charge is 2.22. The fraction of sp³-hybridized carbons (Fsp3) is 0.400. The first kappa shape index (κ1) is 22.5. The summed E-state index contributed by atoms with van der Waals surface area (Å²) in [4.78, 5) is 24.2. The lowest BCUT2D eigenvalue weighted by atomic mass is 10.0. The number of benzene rings is 1. The van der Waals surface area contributed by atoms with Gasteiger partial charge >= 0.3 is 5.63 Å². The predicted octanol–water partition coefficient (Wildman–Crippen LogP) is 2.03. The second kappa shape index (κ2) is 9.17. The summed E-state index contributed by atoms with van der Waals surface area (Å²) in [7, 11) is 0. The van der Waals surface area contributed by atoms with E-state index in [0.717, 1.165) is 54.0 Å². The molecule has 1 aliphatic heterocycles. The van der Waals surface area contributed by atoms with Crippen LogP contribution in [0.2, 0.25) is 0 Å². The summed E-state index contributed by atoms with van der Waals surface area (Å²) in [6, 6.07) is 7.75. The predicted molar refractivity (Wildman–Crippen MR) is 130 cm³/mol. The Bertz CT molecular complexity index is 1380. The molecule has 0 unspecified atom stereocenters. The quantitative estimate of drug-likeness (QED) is 0.372. The molecule has 0 saturated carbocycles. The zero-order chi connectivity index (χ0) is 23.8. The lowest BCUT2D eigenvalue weighted by Gasteiger charge is -2.35. The molecule has 4 heterocycles. The Morgan fingerprint density at radius 3 is 2.62 bits per heavy atom. The van der Waals surface area contributed by atoms with E-state index in [1.807, 2.05) is 54.9 Å². The van der Waals surface area contributed by atoms with Crippen molar-refractivity contribution < 1.29 is 14.6 Å². The van der Waals surface area contributed by atoms with Gasteiger partial charge in [-0.3, -0.25) is 4.98 Å². The van der Waals surface area contributed by atoms with Crippen molar-refractivity contribution in [3.8, 4) is 11.3 Å². The van der Waals surface area contributed by atoms with Gasteiger partial charge in [0.15, 0.2) is 5.65 Å². The van der Waals surface area contributed by atoms with Crippen LogP contribution in [0.3, 0.4) is 0 Å². The van der Waals surface area contributed by atoms with Gasteiger partial charge in [0.25, 0.3) is 0 Å². The van der Waals surface area contributed by atoms with Crippen LogP contribution < -0.4 is 15.8 Å². The van der Waals surface area contributed by atoms with Gasteiger partial charge in [-0.05, 0) is 44.9 Å². The van der Waals surface area contributed by atoms with E-state index < -0.39 is 5.63 Å². The molecule has 0 atom stereocenters. The van der Waals surface area contributed by atoms with Gasteiger partial charge in [0.1, 0.15) is 5.58 Å². The van der Waals surface area contributed by atoms with Crippen molar-refractivity contribution >= 4 is 22.3 Å². The molecule has 0 radical (unpaired) electrons. The summed E-state index contributed by atoms with van der Waals surface area (Å²) in [6.07, 6.45) is 5.53. The van der Waals surface area contributed by atoms with Gasteiger partial charge < -0.3 is 29.2 Å². The number of fused-ring (bicyclic) bond motifs is 2. The van der Waals surface area contributed by atoms with Crippen LogP contribution in [0, 0.1) is 13.8 Å². The number of aliphatic hydroxyl groups excluding tert-OH is 2. The summed E-state index contributed by atoms with van der Waals surface area (Å²) in [5.41, 5.74) is 4.54. The smallest absolute Gasteiger partial charge is 0.345 e. The van der Waals surface area contributed by atoms with Gasteiger partial charge in [0, 0.05) is 48.7 Å². The average Bonchev–Trinajstić information content (AvgIpc) is 3.26. The molecule has 9 nitrogen and oxygen atoms in total. The first-order valence-electron chi connectivity index (χ1n) is 11.6. The standard InChI is InChI=1S/C25H29N5O4/c1-15-11-30-12-22(28-24(30)16(2)26-15)21-9-17-3-4-20(10-23(17)34-25(21)33)29-7-5-18(6-8-29)27-19(13-31)14-32/h3-4,9-12,18-19,27,31-32H,5-8,13-14H2,1-2H3. The second-order valence-corrected chi connectivity index (χ2v) is 8.98. The van der Waals surface area contributed by atoms with E-state index in [9.17, 15) is 15.0 Å². The van der Waals surface area contributed by atoms with Crippen molar-refractivity contribution in [3.63, 3.8) is 0 Å². The monoisotopic (exact) mass is 463 g/mol. The van der Waals surface area contributed by atoms with Crippen LogP contribution in [0.4, 0.5) is 5.69 Å². The number of anilines is 1. The number of piperidine rings is 1. The second-order valence-electron chi connectivity index (χ2n) is 8.98. The van der Waals surface area contributed by atoms with Crippen molar-refractivity contribution in [1.82, 2.24) is 19.7 Å². The van der Waals surface area contributed by atoms with Crippen LogP contribution in [-0.4, -0.2) is 63.0 Å². The largest absolute Gasteiger partial charge is 0.422 e. The number of hydrogen-bond acceptors (Lipinski definition) is 8. The molecule has 5 rings (SSSR count). The van der Waals surface area contributed by atoms with Gasteiger partial charge in [0.05, 0.1) is 41.9 Å². The highest BCUT2D eigenvalue weighted by molar-refractivity contribution is 5.84. The van der Waals surface area contributed by atoms with Crippen LogP contribution in [0.5, 0.6) is 0 Å². The number of aryl methyl sites for hydroxylation is 2. The SMILES string of the molecule is Cc1cn2cc(-c3cc4ccc(N5CCC(NC(CO)CO)CC5)cc4oc3=O)nc2c(C)n1. The van der Waals surface area contributed by atoms with Crippen molar-refractivity contribution in [1.29, 1.82) is 0 Å². The molecular formula is C25H29N5O4. The number of nitrogens with zero attached hydrogens (tertiary/aromatic N) is 4. The van der Waals surface area contributed by atoms with Crippen molar-refractivity contribution in [2.24, 2.45) is 0 Å². The van der Waals surface area contributed by atoms with E-state index in [0.29, 0.717) is 16.8 Å². The molecule has 0 spiro atoms. The van der Waals surface area contributed by atoms with Crippen LogP contribution in [0.1, 0.15) is 24.2 Å². The molecule has 0 amide bonds. The van der Waals surface area contributed by atoms with E-state index in [1.54, 1.807) is 0 Å². The molecule has 0 aliphatic carbocycles. The molecule has 34 heavy (non-hydrogen) atoms. The Kier molecular flexibility index (Phi) is 6.07. The van der Waals surface area contributed by atoms with Crippen molar-refractivity contribution in [2.45, 2.75) is 38.8 Å². The molecule has 178 valence electrons. The van der Waals surface area contributed by atoms with Gasteiger partial charge in [0.2, 0.25) is 0 Å². The minimum Gasteiger partial charge on any atom is -0.422 e. The highest BCUT2D eigenvalue weighted by atomic mass is 16.4. The molecule has 9 heteroatoms. The topological polar surface area (TPSA) is 116 Å². The highest BCUT2D eigenvalue weighted by Crippen LogP contribution is 2.27. The number of aliphatic hydroxyl groups is 2. The number of hydrogen-bond donors (Lipinski definition) is 3. The molecule has 3 aromatic heterocycles. The fourth-order valence-electron chi connectivity index (χ4n) is 4.71. The number of nitrogens with one attached hydrogen (secondary N) is 1. The summed E-state index contributed by atoms with van der Waals surface area (Å²) in [5.74, 6) is 0. The molecule has 1 fully saturated rings. The summed E-state index contributed by atoms with van der Waals surface area (Å²) in [5, 5.41) is 22.7. The Labute approximate surface area is 196 Å². The molecule has 1 aliphatic rings. The van der Waals surface area contributed by atoms with Gasteiger partial charge in [-0.1, -0.05) is 0 Å². The van der Waals surface area contributed by atoms with E-state index in [1.165, 1.54) is 0 Å². The number of aromatic nitrogens is 3. The molecule has 4 aromatic rings. The molecule has 1 saturated heterocycles. The number of imidazole rings is 1. The summed E-state index contributed by atoms with van der Waals surface area (Å²) >= 11 is 0. The van der Waals surface area contributed by atoms with Gasteiger partial charge in [-0.2, -0.15) is 0 Å². The van der Waals surface area contributed by atoms with Gasteiger partial charge in [-0.15, -0.1) is 0 Å². The lowest BCUT2D eigenvalue weighted by molar-refractivity contribution is 0.157. The Balaban J connectivity index is 1.38. The first-order valence-corrected chi connectivity index (χ1v) is 11.6. The molecular weight excluding hydrogens is 434 g/mol. The maximum Gasteiger partial charge on any atom is 0.345 e. The Morgan fingerprint density at radius 1 is 1.12 bits per heavy atom. The van der Waals surface area contributed by atoms with E-state index in [2.05, 4.69) is 20.2 Å². The van der Waals surface area contributed by atoms with E-state index in [-0.39, 0.29) is 25.3 Å². The zero-order valence-corrected chi connectivity index (χ0v) is 19.4. The van der Waals surface area contributed by atoms with Crippen LogP contribution in [-0.2, 0) is 0 Å². The number of rotatable bonds is 6. The maximum atomic E-state index is 12.9. The lowest BCUT2D eigenvalue weighted by Crippen LogP contribution is -2.48. The summed E-state index contributed by atoms with van der Waals surface area (Å²) < 4.78 is 7.61. The molecule has 0 bridgehead atoms. The van der Waals surface area contributed by atoms with Crippen LogP contribution in [0.25, 0.3) is 27.9 Å². The summed E-state index contributed by atoms with van der Waals surface area (Å²) in [6.45, 7) is 5.35. The zero-order valence-electron chi connectivity index (χ0n) is 19.4. The normalized spacial score (nSPS) is 15.1. The Hall–Kier alpha value is -3.27. The maximum absolute atomic E-state index is 12.9. The molecule has 3 N–H and O–H groups in total. The van der Waals surface area contributed by atoms with E-state index >= 15 is 0 Å². The van der Waals surface area contributed by atoms with Crippen molar-refractivity contribution in [3.05, 3.63) is 58.5 Å². The third-order valence-corrected chi connectivity index (χ3v) is 6.49. The van der Waals surface area contributed by atoms with Crippen molar-refractivity contribution in [2.75, 3.05) is 31.2 Å². The molecule has 1 aromatic carbocycles. The average molecular weight is 464 g/mol. The van der Waals surface area contributed by atoms with Gasteiger partial charge in [-0.25, -0.2) is 9.78 Å². The minimum absolute atomic E-state index is 0.0759. The first-order chi connectivity index (χ1) is 16.4. The third kappa shape index (κ3) is 4.29. The van der Waals surface area contributed by atoms with Crippen LogP contribution in [0.15, 0.2) is 45.9 Å².